The smallest absolute Gasteiger partial charge is 0.460 e. The van der Waals surface area contributed by atoms with Gasteiger partial charge in [-0.2, -0.15) is 17.2 Å². The molecule has 0 amide bonds. The summed E-state index contributed by atoms with van der Waals surface area (Å²) in [5.41, 5.74) is -0.344. The standard InChI is InChI=1S/C14H24F2O6S/c1-13(2,11-7-4-3-5-8-11)22-10-6-9-21-12(17)14(15,16)23(18,19)20/h11H,3-10H2,1-2H3,(H,18,19,20). The van der Waals surface area contributed by atoms with E-state index in [1.54, 1.807) is 0 Å². The van der Waals surface area contributed by atoms with Crippen molar-refractivity contribution in [3.8, 4) is 0 Å². The molecule has 1 rings (SSSR count). The Morgan fingerprint density at radius 3 is 2.26 bits per heavy atom. The largest absolute Gasteiger partial charge is 0.465 e. The molecule has 0 aromatic heterocycles. The van der Waals surface area contributed by atoms with Gasteiger partial charge in [0, 0.05) is 6.42 Å². The maximum atomic E-state index is 12.9. The van der Waals surface area contributed by atoms with E-state index in [0.29, 0.717) is 5.92 Å². The fraction of sp³-hybridized carbons (Fsp3) is 0.929. The Hall–Kier alpha value is -0.800. The Morgan fingerprint density at radius 1 is 1.17 bits per heavy atom. The first-order chi connectivity index (χ1) is 10.5. The molecule has 0 aliphatic heterocycles. The number of halogens is 2. The second kappa shape index (κ2) is 7.85. The zero-order valence-corrected chi connectivity index (χ0v) is 14.2. The molecule has 0 heterocycles. The Balaban J connectivity index is 2.31. The monoisotopic (exact) mass is 358 g/mol. The predicted octanol–water partition coefficient (Wildman–Crippen LogP) is 2.78. The molecule has 0 radical (unpaired) electrons. The van der Waals surface area contributed by atoms with Crippen molar-refractivity contribution in [1.29, 1.82) is 0 Å². The Morgan fingerprint density at radius 2 is 1.74 bits per heavy atom. The van der Waals surface area contributed by atoms with Crippen LogP contribution in [0.2, 0.25) is 0 Å². The first-order valence-corrected chi connectivity index (χ1v) is 9.08. The zero-order valence-electron chi connectivity index (χ0n) is 13.4. The molecule has 0 spiro atoms. The lowest BCUT2D eigenvalue weighted by molar-refractivity contribution is -0.162. The first-order valence-electron chi connectivity index (χ1n) is 7.64. The lowest BCUT2D eigenvalue weighted by Gasteiger charge is -2.37. The summed E-state index contributed by atoms with van der Waals surface area (Å²) in [5, 5.41) is -4.95. The minimum absolute atomic E-state index is 0.156. The van der Waals surface area contributed by atoms with Gasteiger partial charge >= 0.3 is 21.3 Å². The molecule has 23 heavy (non-hydrogen) atoms. The SMILES string of the molecule is CC(C)(OCCCOC(=O)C(F)(F)S(=O)(=O)O)C1CCCCC1. The molecule has 0 aromatic rings. The van der Waals surface area contributed by atoms with Crippen molar-refractivity contribution in [1.82, 2.24) is 0 Å². The number of ether oxygens (including phenoxy) is 2. The van der Waals surface area contributed by atoms with Crippen LogP contribution in [0.5, 0.6) is 0 Å². The van der Waals surface area contributed by atoms with Crippen molar-refractivity contribution in [3.63, 3.8) is 0 Å². The molecular weight excluding hydrogens is 334 g/mol. The van der Waals surface area contributed by atoms with Crippen LogP contribution in [0.1, 0.15) is 52.4 Å². The van der Waals surface area contributed by atoms with Crippen LogP contribution in [0.15, 0.2) is 0 Å². The van der Waals surface area contributed by atoms with Gasteiger partial charge in [0.2, 0.25) is 0 Å². The Bertz CT molecular complexity index is 497. The van der Waals surface area contributed by atoms with Crippen LogP contribution >= 0.6 is 0 Å². The van der Waals surface area contributed by atoms with Crippen LogP contribution in [0.4, 0.5) is 8.78 Å². The summed E-state index contributed by atoms with van der Waals surface area (Å²) < 4.78 is 64.8. The summed E-state index contributed by atoms with van der Waals surface area (Å²) in [4.78, 5) is 11.0. The molecule has 1 aliphatic rings. The molecule has 9 heteroatoms. The number of hydrogen-bond donors (Lipinski definition) is 1. The van der Waals surface area contributed by atoms with Gasteiger partial charge in [0.15, 0.2) is 0 Å². The summed E-state index contributed by atoms with van der Waals surface area (Å²) >= 11 is 0. The molecular formula is C14H24F2O6S. The molecule has 1 saturated carbocycles. The highest BCUT2D eigenvalue weighted by Gasteiger charge is 2.54. The van der Waals surface area contributed by atoms with E-state index < -0.39 is 27.9 Å². The van der Waals surface area contributed by atoms with Gasteiger partial charge in [0.1, 0.15) is 0 Å². The fourth-order valence-electron chi connectivity index (χ4n) is 2.66. The summed E-state index contributed by atoms with van der Waals surface area (Å²) in [7, 11) is -5.82. The maximum absolute atomic E-state index is 12.9. The number of rotatable bonds is 8. The minimum Gasteiger partial charge on any atom is -0.460 e. The van der Waals surface area contributed by atoms with Crippen molar-refractivity contribution < 1.29 is 36.0 Å². The van der Waals surface area contributed by atoms with Crippen molar-refractivity contribution in [2.24, 2.45) is 5.92 Å². The minimum atomic E-state index is -5.82. The fourth-order valence-corrected chi connectivity index (χ4v) is 2.93. The highest BCUT2D eigenvalue weighted by Crippen LogP contribution is 2.34. The second-order valence-electron chi connectivity index (χ2n) is 6.27. The number of alkyl halides is 2. The van der Waals surface area contributed by atoms with E-state index in [4.69, 9.17) is 9.29 Å². The molecule has 1 N–H and O–H groups in total. The van der Waals surface area contributed by atoms with Crippen molar-refractivity contribution in [2.75, 3.05) is 13.2 Å². The summed E-state index contributed by atoms with van der Waals surface area (Å²) in [6, 6.07) is 0. The molecule has 0 saturated heterocycles. The second-order valence-corrected chi connectivity index (χ2v) is 7.73. The molecule has 0 aromatic carbocycles. The third-order valence-electron chi connectivity index (χ3n) is 4.15. The van der Waals surface area contributed by atoms with E-state index in [2.05, 4.69) is 4.74 Å². The van der Waals surface area contributed by atoms with E-state index in [9.17, 15) is 22.0 Å². The van der Waals surface area contributed by atoms with Crippen molar-refractivity contribution >= 4 is 16.1 Å². The van der Waals surface area contributed by atoms with Gasteiger partial charge in [-0.05, 0) is 32.6 Å². The topological polar surface area (TPSA) is 89.9 Å². The lowest BCUT2D eigenvalue weighted by atomic mass is 9.79. The van der Waals surface area contributed by atoms with Gasteiger partial charge in [-0.1, -0.05) is 19.3 Å². The average Bonchev–Trinajstić information content (AvgIpc) is 2.46. The van der Waals surface area contributed by atoms with Crippen LogP contribution in [0.25, 0.3) is 0 Å². The Kier molecular flexibility index (Phi) is 6.91. The summed E-state index contributed by atoms with van der Waals surface area (Å²) in [6.07, 6.45) is 5.89. The maximum Gasteiger partial charge on any atom is 0.465 e. The number of hydrogen-bond acceptors (Lipinski definition) is 5. The van der Waals surface area contributed by atoms with Crippen molar-refractivity contribution in [3.05, 3.63) is 0 Å². The van der Waals surface area contributed by atoms with Gasteiger partial charge < -0.3 is 9.47 Å². The lowest BCUT2D eigenvalue weighted by Crippen LogP contribution is -2.39. The van der Waals surface area contributed by atoms with Crippen molar-refractivity contribution in [2.45, 2.75) is 63.2 Å². The van der Waals surface area contributed by atoms with E-state index in [1.807, 2.05) is 13.8 Å². The van der Waals surface area contributed by atoms with Gasteiger partial charge in [0.25, 0.3) is 0 Å². The van der Waals surface area contributed by atoms with E-state index in [-0.39, 0.29) is 18.6 Å². The van der Waals surface area contributed by atoms with Crippen LogP contribution < -0.4 is 0 Å². The molecule has 0 bridgehead atoms. The van der Waals surface area contributed by atoms with Gasteiger partial charge in [-0.25, -0.2) is 4.79 Å². The molecule has 1 fully saturated rings. The van der Waals surface area contributed by atoms with Crippen LogP contribution in [0, 0.1) is 5.92 Å². The van der Waals surface area contributed by atoms with Crippen LogP contribution in [0.3, 0.4) is 0 Å². The normalized spacial score (nSPS) is 18.0. The third-order valence-corrected chi connectivity index (χ3v) is 4.96. The molecule has 6 nitrogen and oxygen atoms in total. The molecule has 0 unspecified atom stereocenters. The number of carbonyl (C=O) groups is 1. The van der Waals surface area contributed by atoms with Crippen LogP contribution in [-0.4, -0.2) is 43.0 Å². The first kappa shape index (κ1) is 20.2. The number of esters is 1. The third kappa shape index (κ3) is 5.65. The highest BCUT2D eigenvalue weighted by atomic mass is 32.2. The van der Waals surface area contributed by atoms with Gasteiger partial charge in [0.05, 0.1) is 18.8 Å². The molecule has 1 aliphatic carbocycles. The van der Waals surface area contributed by atoms with E-state index in [0.717, 1.165) is 12.8 Å². The average molecular weight is 358 g/mol. The van der Waals surface area contributed by atoms with E-state index in [1.165, 1.54) is 19.3 Å². The quantitative estimate of drug-likeness (QED) is 0.408. The Labute approximate surface area is 135 Å². The molecule has 136 valence electrons. The molecule has 0 atom stereocenters. The highest BCUT2D eigenvalue weighted by molar-refractivity contribution is 7.87. The van der Waals surface area contributed by atoms with E-state index >= 15 is 0 Å². The number of carbonyl (C=O) groups excluding carboxylic acids is 1. The van der Waals surface area contributed by atoms with Crippen LogP contribution in [-0.2, 0) is 24.4 Å². The van der Waals surface area contributed by atoms with Gasteiger partial charge in [-0.15, -0.1) is 0 Å². The summed E-state index contributed by atoms with van der Waals surface area (Å²) in [5.74, 6) is -1.85. The van der Waals surface area contributed by atoms with Gasteiger partial charge in [-0.3, -0.25) is 4.55 Å². The predicted molar refractivity (Wildman–Crippen MR) is 78.7 cm³/mol. The zero-order chi connectivity index (χ0) is 17.7. The summed E-state index contributed by atoms with van der Waals surface area (Å²) in [6.45, 7) is 3.74.